The van der Waals surface area contributed by atoms with Gasteiger partial charge in [-0.2, -0.15) is 18.4 Å². The molecule has 0 amide bonds. The molecule has 3 fully saturated rings. The van der Waals surface area contributed by atoms with E-state index in [-0.39, 0.29) is 5.82 Å². The number of aliphatic carboxylic acids is 1. The fourth-order valence-corrected chi connectivity index (χ4v) is 5.95. The number of carboxylic acid groups (broad SMARTS) is 1. The SMILES string of the molecule is N#Cc1ncc2cc(CN3CCC4(CCNC4)CC3)n(CCC3CCCCC3)c2n1.O=C(O)C(F)(F)F. The van der Waals surface area contributed by atoms with Crippen molar-refractivity contribution in [1.82, 2.24) is 24.8 Å². The number of rotatable bonds is 5. The van der Waals surface area contributed by atoms with Crippen molar-refractivity contribution in [3.63, 3.8) is 0 Å². The number of piperidine rings is 1. The Morgan fingerprint density at radius 2 is 1.92 bits per heavy atom. The van der Waals surface area contributed by atoms with E-state index in [0.29, 0.717) is 5.41 Å². The Morgan fingerprint density at radius 3 is 2.51 bits per heavy atom. The average Bonchev–Trinajstić information content (AvgIpc) is 3.48. The summed E-state index contributed by atoms with van der Waals surface area (Å²) >= 11 is 0. The summed E-state index contributed by atoms with van der Waals surface area (Å²) in [5.41, 5.74) is 2.84. The lowest BCUT2D eigenvalue weighted by atomic mass is 9.78. The highest BCUT2D eigenvalue weighted by atomic mass is 19.4. The van der Waals surface area contributed by atoms with Gasteiger partial charge in [-0.05, 0) is 62.7 Å². The Morgan fingerprint density at radius 1 is 1.22 bits per heavy atom. The van der Waals surface area contributed by atoms with E-state index in [9.17, 15) is 18.4 Å². The number of halogens is 3. The van der Waals surface area contributed by atoms with Gasteiger partial charge in [0.2, 0.25) is 5.82 Å². The molecule has 5 rings (SSSR count). The van der Waals surface area contributed by atoms with E-state index >= 15 is 0 Å². The van der Waals surface area contributed by atoms with Crippen LogP contribution in [-0.4, -0.2) is 62.9 Å². The number of aromatic nitrogens is 3. The third-order valence-corrected chi connectivity index (χ3v) is 8.18. The number of likely N-dealkylation sites (tertiary alicyclic amines) is 1. The lowest BCUT2D eigenvalue weighted by molar-refractivity contribution is -0.192. The highest BCUT2D eigenvalue weighted by Gasteiger charge is 2.38. The fraction of sp³-hybridized carbons (Fsp3) is 0.692. The Hall–Kier alpha value is -2.71. The van der Waals surface area contributed by atoms with Gasteiger partial charge in [0.15, 0.2) is 0 Å². The number of alkyl halides is 3. The number of nitriles is 1. The molecule has 2 aromatic heterocycles. The molecule has 4 heterocycles. The Balaban J connectivity index is 0.000000405. The van der Waals surface area contributed by atoms with E-state index in [4.69, 9.17) is 9.90 Å². The predicted molar refractivity (Wildman–Crippen MR) is 132 cm³/mol. The molecule has 1 saturated carbocycles. The molecule has 2 aromatic rings. The second kappa shape index (κ2) is 11.8. The predicted octanol–water partition coefficient (Wildman–Crippen LogP) is 4.48. The second-order valence-corrected chi connectivity index (χ2v) is 10.7. The molecular formula is C26H35F3N6O2. The number of carboxylic acids is 1. The normalized spacial score (nSPS) is 20.5. The molecule has 0 unspecified atom stereocenters. The molecule has 1 spiro atoms. The molecule has 202 valence electrons. The maximum absolute atomic E-state index is 10.6. The van der Waals surface area contributed by atoms with Crippen molar-refractivity contribution in [2.75, 3.05) is 26.2 Å². The van der Waals surface area contributed by atoms with Crippen molar-refractivity contribution < 1.29 is 23.1 Å². The van der Waals surface area contributed by atoms with Gasteiger partial charge in [0.1, 0.15) is 11.7 Å². The van der Waals surface area contributed by atoms with Gasteiger partial charge in [0.05, 0.1) is 0 Å². The number of hydrogen-bond acceptors (Lipinski definition) is 6. The van der Waals surface area contributed by atoms with Crippen molar-refractivity contribution >= 4 is 17.0 Å². The minimum absolute atomic E-state index is 0.278. The number of hydrogen-bond donors (Lipinski definition) is 2. The van der Waals surface area contributed by atoms with Gasteiger partial charge in [-0.1, -0.05) is 32.1 Å². The van der Waals surface area contributed by atoms with Crippen LogP contribution in [0.4, 0.5) is 13.2 Å². The highest BCUT2D eigenvalue weighted by molar-refractivity contribution is 5.77. The van der Waals surface area contributed by atoms with Crippen LogP contribution in [0.3, 0.4) is 0 Å². The van der Waals surface area contributed by atoms with Crippen LogP contribution in [0.2, 0.25) is 0 Å². The van der Waals surface area contributed by atoms with Crippen LogP contribution in [0.5, 0.6) is 0 Å². The van der Waals surface area contributed by atoms with Crippen molar-refractivity contribution in [2.45, 2.75) is 77.1 Å². The largest absolute Gasteiger partial charge is 0.490 e. The number of nitrogens with zero attached hydrogens (tertiary/aromatic N) is 5. The van der Waals surface area contributed by atoms with E-state index in [1.165, 1.54) is 89.7 Å². The minimum atomic E-state index is -5.08. The molecule has 0 bridgehead atoms. The maximum atomic E-state index is 10.6. The van der Waals surface area contributed by atoms with Crippen molar-refractivity contribution in [2.24, 2.45) is 11.3 Å². The van der Waals surface area contributed by atoms with Crippen LogP contribution in [0.25, 0.3) is 11.0 Å². The summed E-state index contributed by atoms with van der Waals surface area (Å²) in [5, 5.41) is 21.1. The lowest BCUT2D eigenvalue weighted by Crippen LogP contribution is -2.41. The van der Waals surface area contributed by atoms with E-state index < -0.39 is 12.1 Å². The molecule has 2 aliphatic heterocycles. The van der Waals surface area contributed by atoms with Crippen LogP contribution in [0.15, 0.2) is 12.3 Å². The van der Waals surface area contributed by atoms with Crippen LogP contribution in [0, 0.1) is 22.7 Å². The highest BCUT2D eigenvalue weighted by Crippen LogP contribution is 2.37. The average molecular weight is 521 g/mol. The Bertz CT molecular complexity index is 1100. The summed E-state index contributed by atoms with van der Waals surface area (Å²) in [6.45, 7) is 6.74. The van der Waals surface area contributed by atoms with Gasteiger partial charge in [-0.15, -0.1) is 0 Å². The molecule has 2 saturated heterocycles. The quantitative estimate of drug-likeness (QED) is 0.599. The second-order valence-electron chi connectivity index (χ2n) is 10.7. The molecular weight excluding hydrogens is 485 g/mol. The zero-order valence-electron chi connectivity index (χ0n) is 21.1. The number of fused-ring (bicyclic) bond motifs is 1. The van der Waals surface area contributed by atoms with Gasteiger partial charge < -0.3 is 15.0 Å². The summed E-state index contributed by atoms with van der Waals surface area (Å²) in [6.07, 6.45) is 8.83. The van der Waals surface area contributed by atoms with E-state index in [0.717, 1.165) is 30.0 Å². The van der Waals surface area contributed by atoms with Crippen molar-refractivity contribution in [1.29, 1.82) is 5.26 Å². The summed E-state index contributed by atoms with van der Waals surface area (Å²) in [6, 6.07) is 4.38. The monoisotopic (exact) mass is 520 g/mol. The topological polar surface area (TPSA) is 107 Å². The van der Waals surface area contributed by atoms with Crippen LogP contribution < -0.4 is 5.32 Å². The minimum Gasteiger partial charge on any atom is -0.475 e. The van der Waals surface area contributed by atoms with Gasteiger partial charge in [0, 0.05) is 36.9 Å². The van der Waals surface area contributed by atoms with Crippen LogP contribution in [-0.2, 0) is 17.9 Å². The standard InChI is InChI=1S/C24H34N6.C2HF3O2/c25-15-22-27-16-20-14-21(17-29-12-8-24(9-13-29)7-10-26-18-24)30(23(20)28-22)11-6-19-4-2-1-3-5-19;3-2(4,5)1(6)7/h14,16,19,26H,1-13,17-18H2;(H,6,7). The first-order chi connectivity index (χ1) is 17.7. The first-order valence-electron chi connectivity index (χ1n) is 13.2. The van der Waals surface area contributed by atoms with Crippen molar-refractivity contribution in [3.8, 4) is 6.07 Å². The van der Waals surface area contributed by atoms with Crippen LogP contribution in [0.1, 0.15) is 69.3 Å². The summed E-state index contributed by atoms with van der Waals surface area (Å²) < 4.78 is 34.1. The van der Waals surface area contributed by atoms with E-state index in [2.05, 4.69) is 36.9 Å². The molecule has 11 heteroatoms. The smallest absolute Gasteiger partial charge is 0.475 e. The van der Waals surface area contributed by atoms with Gasteiger partial charge >= 0.3 is 12.1 Å². The van der Waals surface area contributed by atoms with Gasteiger partial charge in [-0.25, -0.2) is 14.8 Å². The van der Waals surface area contributed by atoms with Crippen molar-refractivity contribution in [3.05, 3.63) is 23.8 Å². The molecule has 3 aliphatic rings. The first kappa shape index (κ1) is 27.3. The molecule has 0 atom stereocenters. The fourth-order valence-electron chi connectivity index (χ4n) is 5.95. The number of aryl methyl sites for hydroxylation is 1. The molecule has 8 nitrogen and oxygen atoms in total. The third-order valence-electron chi connectivity index (χ3n) is 8.18. The summed E-state index contributed by atoms with van der Waals surface area (Å²) in [4.78, 5) is 20.3. The first-order valence-corrected chi connectivity index (χ1v) is 13.2. The summed E-state index contributed by atoms with van der Waals surface area (Å²) in [5.74, 6) is -1.64. The molecule has 0 aromatic carbocycles. The zero-order valence-corrected chi connectivity index (χ0v) is 21.1. The zero-order chi connectivity index (χ0) is 26.5. The molecule has 2 N–H and O–H groups in total. The summed E-state index contributed by atoms with van der Waals surface area (Å²) in [7, 11) is 0. The van der Waals surface area contributed by atoms with Gasteiger partial charge in [0.25, 0.3) is 0 Å². The molecule has 0 radical (unpaired) electrons. The van der Waals surface area contributed by atoms with Gasteiger partial charge in [-0.3, -0.25) is 4.90 Å². The number of nitrogens with one attached hydrogen (secondary N) is 1. The van der Waals surface area contributed by atoms with Crippen LogP contribution >= 0.6 is 0 Å². The molecule has 1 aliphatic carbocycles. The lowest BCUT2D eigenvalue weighted by Gasteiger charge is -2.39. The maximum Gasteiger partial charge on any atom is 0.490 e. The molecule has 37 heavy (non-hydrogen) atoms. The number of carbonyl (C=O) groups is 1. The Labute approximate surface area is 214 Å². The Kier molecular flexibility index (Phi) is 8.70. The van der Waals surface area contributed by atoms with E-state index in [1.807, 2.05) is 6.20 Å². The van der Waals surface area contributed by atoms with E-state index in [1.54, 1.807) is 0 Å². The third kappa shape index (κ3) is 6.99.